The number of carbonyl (C=O) groups is 1. The van der Waals surface area contributed by atoms with Crippen molar-refractivity contribution in [3.63, 3.8) is 0 Å². The van der Waals surface area contributed by atoms with Gasteiger partial charge in [-0.3, -0.25) is 4.79 Å². The molecule has 0 aliphatic rings. The Kier molecular flexibility index (Phi) is 6.01. The summed E-state index contributed by atoms with van der Waals surface area (Å²) in [6, 6.07) is -0.491. The summed E-state index contributed by atoms with van der Waals surface area (Å²) in [5, 5.41) is 12.6. The first kappa shape index (κ1) is 16.3. The van der Waals surface area contributed by atoms with E-state index in [1.54, 1.807) is 6.92 Å². The number of aromatic nitrogens is 2. The van der Waals surface area contributed by atoms with Crippen LogP contribution in [0, 0.1) is 0 Å². The Morgan fingerprint density at radius 1 is 1.47 bits per heavy atom. The summed E-state index contributed by atoms with van der Waals surface area (Å²) >= 11 is 1.52. The van der Waals surface area contributed by atoms with E-state index in [4.69, 9.17) is 5.73 Å². The maximum Gasteiger partial charge on any atom is 0.236 e. The predicted molar refractivity (Wildman–Crippen MR) is 71.4 cm³/mol. The van der Waals surface area contributed by atoms with Gasteiger partial charge in [-0.25, -0.2) is 0 Å². The number of nitrogens with one attached hydrogen (secondary N) is 1. The normalized spacial score (nSPS) is 12.8. The molecule has 3 N–H and O–H groups in total. The van der Waals surface area contributed by atoms with Crippen LogP contribution in [0.15, 0.2) is 0 Å². The second kappa shape index (κ2) is 6.28. The summed E-state index contributed by atoms with van der Waals surface area (Å²) in [4.78, 5) is 11.2. The highest BCUT2D eigenvalue weighted by molar-refractivity contribution is 7.11. The number of hydrogen-bond donors (Lipinski definition) is 2. The van der Waals surface area contributed by atoms with Crippen LogP contribution < -0.4 is 11.1 Å². The standard InChI is InChI=1S/C10H18N4OS.ClH/c1-6(11)8(15)12-5-7-13-14-9(16-7)10(2,3)4;/h6H,5,11H2,1-4H3,(H,12,15);1H/t6-;/m1./s1. The Bertz CT molecular complexity index is 373. The first-order chi connectivity index (χ1) is 7.30. The molecule has 0 aromatic carbocycles. The van der Waals surface area contributed by atoms with Crippen molar-refractivity contribution >= 4 is 29.7 Å². The maximum atomic E-state index is 11.2. The molecule has 0 aliphatic carbocycles. The van der Waals surface area contributed by atoms with Crippen molar-refractivity contribution < 1.29 is 4.79 Å². The van der Waals surface area contributed by atoms with Gasteiger partial charge in [0.25, 0.3) is 0 Å². The van der Waals surface area contributed by atoms with Gasteiger partial charge < -0.3 is 11.1 Å². The zero-order chi connectivity index (χ0) is 12.3. The van der Waals surface area contributed by atoms with E-state index in [1.165, 1.54) is 11.3 Å². The van der Waals surface area contributed by atoms with Gasteiger partial charge in [-0.1, -0.05) is 32.1 Å². The summed E-state index contributed by atoms with van der Waals surface area (Å²) in [6.07, 6.45) is 0. The van der Waals surface area contributed by atoms with E-state index in [1.807, 2.05) is 0 Å². The van der Waals surface area contributed by atoms with Gasteiger partial charge in [0.1, 0.15) is 10.0 Å². The Morgan fingerprint density at radius 2 is 2.06 bits per heavy atom. The molecule has 0 saturated heterocycles. The predicted octanol–water partition coefficient (Wildman–Crippen LogP) is 1.22. The van der Waals surface area contributed by atoms with Crippen LogP contribution in [0.3, 0.4) is 0 Å². The second-order valence-electron chi connectivity index (χ2n) is 4.76. The summed E-state index contributed by atoms with van der Waals surface area (Å²) in [6.45, 7) is 8.29. The van der Waals surface area contributed by atoms with E-state index in [0.29, 0.717) is 6.54 Å². The monoisotopic (exact) mass is 278 g/mol. The number of nitrogens with zero attached hydrogens (tertiary/aromatic N) is 2. The molecule has 1 atom stereocenters. The van der Waals surface area contributed by atoms with E-state index in [2.05, 4.69) is 36.3 Å². The van der Waals surface area contributed by atoms with Crippen molar-refractivity contribution in [2.45, 2.75) is 45.7 Å². The van der Waals surface area contributed by atoms with E-state index in [0.717, 1.165) is 10.0 Å². The lowest BCUT2D eigenvalue weighted by molar-refractivity contribution is -0.122. The van der Waals surface area contributed by atoms with Crippen molar-refractivity contribution in [3.05, 3.63) is 10.0 Å². The molecular formula is C10H19ClN4OS. The number of nitrogens with two attached hydrogens (primary N) is 1. The number of hydrogen-bond acceptors (Lipinski definition) is 5. The van der Waals surface area contributed by atoms with Crippen molar-refractivity contribution in [2.24, 2.45) is 5.73 Å². The minimum absolute atomic E-state index is 0. The van der Waals surface area contributed by atoms with Gasteiger partial charge in [-0.05, 0) is 6.92 Å². The molecule has 1 heterocycles. The molecule has 0 radical (unpaired) electrons. The molecule has 0 bridgehead atoms. The average Bonchev–Trinajstić information content (AvgIpc) is 2.61. The first-order valence-electron chi connectivity index (χ1n) is 5.17. The molecule has 5 nitrogen and oxygen atoms in total. The van der Waals surface area contributed by atoms with E-state index in [-0.39, 0.29) is 23.7 Å². The first-order valence-corrected chi connectivity index (χ1v) is 5.98. The van der Waals surface area contributed by atoms with Crippen molar-refractivity contribution in [1.82, 2.24) is 15.5 Å². The average molecular weight is 279 g/mol. The van der Waals surface area contributed by atoms with Crippen molar-refractivity contribution in [3.8, 4) is 0 Å². The van der Waals surface area contributed by atoms with Crippen LogP contribution in [0.1, 0.15) is 37.7 Å². The fraction of sp³-hybridized carbons (Fsp3) is 0.700. The van der Waals surface area contributed by atoms with E-state index in [9.17, 15) is 4.79 Å². The Hall–Kier alpha value is -0.720. The van der Waals surface area contributed by atoms with Gasteiger partial charge in [0.2, 0.25) is 5.91 Å². The fourth-order valence-corrected chi connectivity index (χ4v) is 1.79. The zero-order valence-electron chi connectivity index (χ0n) is 10.5. The van der Waals surface area contributed by atoms with Crippen LogP contribution in [-0.4, -0.2) is 22.1 Å². The molecule has 0 saturated carbocycles. The molecule has 0 fully saturated rings. The highest BCUT2D eigenvalue weighted by Crippen LogP contribution is 2.25. The molecule has 17 heavy (non-hydrogen) atoms. The molecule has 0 aliphatic heterocycles. The topological polar surface area (TPSA) is 80.9 Å². The minimum Gasteiger partial charge on any atom is -0.348 e. The summed E-state index contributed by atoms with van der Waals surface area (Å²) in [5.41, 5.74) is 5.43. The Labute approximate surface area is 112 Å². The SMILES string of the molecule is C[C@@H](N)C(=O)NCc1nnc(C(C)(C)C)s1.Cl. The van der Waals surface area contributed by atoms with Crippen LogP contribution in [0.2, 0.25) is 0 Å². The molecular weight excluding hydrogens is 260 g/mol. The van der Waals surface area contributed by atoms with Crippen LogP contribution in [0.25, 0.3) is 0 Å². The van der Waals surface area contributed by atoms with Gasteiger partial charge in [0.05, 0.1) is 12.6 Å². The number of rotatable bonds is 3. The van der Waals surface area contributed by atoms with Gasteiger partial charge >= 0.3 is 0 Å². The molecule has 0 spiro atoms. The summed E-state index contributed by atoms with van der Waals surface area (Å²) in [7, 11) is 0. The maximum absolute atomic E-state index is 11.2. The summed E-state index contributed by atoms with van der Waals surface area (Å²) in [5.74, 6) is -0.174. The smallest absolute Gasteiger partial charge is 0.236 e. The molecule has 0 unspecified atom stereocenters. The third kappa shape index (κ3) is 4.97. The van der Waals surface area contributed by atoms with Crippen LogP contribution in [-0.2, 0) is 16.8 Å². The van der Waals surface area contributed by atoms with Crippen LogP contribution in [0.4, 0.5) is 0 Å². The fourth-order valence-electron chi connectivity index (χ4n) is 0.952. The number of carbonyl (C=O) groups excluding carboxylic acids is 1. The van der Waals surface area contributed by atoms with E-state index < -0.39 is 6.04 Å². The molecule has 98 valence electrons. The van der Waals surface area contributed by atoms with Crippen molar-refractivity contribution in [1.29, 1.82) is 0 Å². The van der Waals surface area contributed by atoms with E-state index >= 15 is 0 Å². The van der Waals surface area contributed by atoms with Gasteiger partial charge in [0, 0.05) is 5.41 Å². The van der Waals surface area contributed by atoms with Gasteiger partial charge in [-0.15, -0.1) is 22.6 Å². The zero-order valence-corrected chi connectivity index (χ0v) is 12.1. The summed E-state index contributed by atoms with van der Waals surface area (Å²) < 4.78 is 0. The molecule has 7 heteroatoms. The van der Waals surface area contributed by atoms with Gasteiger partial charge in [-0.2, -0.15) is 0 Å². The highest BCUT2D eigenvalue weighted by atomic mass is 35.5. The largest absolute Gasteiger partial charge is 0.348 e. The highest BCUT2D eigenvalue weighted by Gasteiger charge is 2.19. The minimum atomic E-state index is -0.491. The lowest BCUT2D eigenvalue weighted by atomic mass is 9.98. The molecule has 1 aromatic heterocycles. The van der Waals surface area contributed by atoms with Crippen molar-refractivity contribution in [2.75, 3.05) is 0 Å². The lowest BCUT2D eigenvalue weighted by Crippen LogP contribution is -2.37. The third-order valence-corrected chi connectivity index (χ3v) is 3.28. The molecule has 1 aromatic rings. The second-order valence-corrected chi connectivity index (χ2v) is 5.82. The van der Waals surface area contributed by atoms with Crippen LogP contribution in [0.5, 0.6) is 0 Å². The lowest BCUT2D eigenvalue weighted by Gasteiger charge is -2.12. The number of amides is 1. The Balaban J connectivity index is 0.00000256. The molecule has 1 amide bonds. The quantitative estimate of drug-likeness (QED) is 0.871. The molecule has 1 rings (SSSR count). The third-order valence-electron chi connectivity index (χ3n) is 1.94. The Morgan fingerprint density at radius 3 is 2.47 bits per heavy atom. The number of halogens is 1. The van der Waals surface area contributed by atoms with Gasteiger partial charge in [0.15, 0.2) is 0 Å². The van der Waals surface area contributed by atoms with Crippen LogP contribution >= 0.6 is 23.7 Å².